The molecule has 138 valence electrons. The standard InChI is InChI=1S/C17H32N4O3/c1-6-7-8-9-13(22)19-20-15(24)14(23)18-12-10-16(2,3)21-17(4,5)11-12/h12,21H,6-11H2,1-5H3,(H,18,23)(H,19,22)(H,20,24). The Labute approximate surface area is 144 Å². The summed E-state index contributed by atoms with van der Waals surface area (Å²) in [4.78, 5) is 35.4. The van der Waals surface area contributed by atoms with Crippen molar-refractivity contribution in [3.8, 4) is 0 Å². The van der Waals surface area contributed by atoms with E-state index in [1.165, 1.54) is 0 Å². The maximum absolute atomic E-state index is 12.0. The molecule has 0 aliphatic carbocycles. The highest BCUT2D eigenvalue weighted by molar-refractivity contribution is 6.35. The van der Waals surface area contributed by atoms with Gasteiger partial charge in [-0.3, -0.25) is 25.2 Å². The first-order valence-corrected chi connectivity index (χ1v) is 8.74. The van der Waals surface area contributed by atoms with Crippen LogP contribution in [0.25, 0.3) is 0 Å². The summed E-state index contributed by atoms with van der Waals surface area (Å²) >= 11 is 0. The molecule has 0 aromatic carbocycles. The molecule has 24 heavy (non-hydrogen) atoms. The van der Waals surface area contributed by atoms with Crippen molar-refractivity contribution in [1.82, 2.24) is 21.5 Å². The normalized spacial score (nSPS) is 19.4. The molecule has 1 heterocycles. The number of carbonyl (C=O) groups excluding carboxylic acids is 3. The monoisotopic (exact) mass is 340 g/mol. The average molecular weight is 340 g/mol. The third-order valence-corrected chi connectivity index (χ3v) is 4.05. The summed E-state index contributed by atoms with van der Waals surface area (Å²) in [5.74, 6) is -1.84. The Balaban J connectivity index is 2.41. The lowest BCUT2D eigenvalue weighted by molar-refractivity contribution is -0.141. The van der Waals surface area contributed by atoms with E-state index in [1.54, 1.807) is 0 Å². The van der Waals surface area contributed by atoms with Crippen LogP contribution in [-0.4, -0.2) is 34.8 Å². The lowest BCUT2D eigenvalue weighted by Gasteiger charge is -2.46. The van der Waals surface area contributed by atoms with E-state index in [-0.39, 0.29) is 23.0 Å². The molecule has 0 radical (unpaired) electrons. The van der Waals surface area contributed by atoms with Crippen LogP contribution in [0.5, 0.6) is 0 Å². The van der Waals surface area contributed by atoms with Crippen LogP contribution in [-0.2, 0) is 14.4 Å². The molecule has 1 aliphatic rings. The third-order valence-electron chi connectivity index (χ3n) is 4.05. The largest absolute Gasteiger partial charge is 0.345 e. The van der Waals surface area contributed by atoms with Crippen LogP contribution in [0.2, 0.25) is 0 Å². The van der Waals surface area contributed by atoms with E-state index in [4.69, 9.17) is 0 Å². The summed E-state index contributed by atoms with van der Waals surface area (Å²) in [5, 5.41) is 6.28. The van der Waals surface area contributed by atoms with Crippen LogP contribution in [0.1, 0.15) is 73.1 Å². The van der Waals surface area contributed by atoms with Crippen molar-refractivity contribution in [3.05, 3.63) is 0 Å². The Morgan fingerprint density at radius 3 is 2.08 bits per heavy atom. The average Bonchev–Trinajstić information content (AvgIpc) is 2.41. The maximum atomic E-state index is 12.0. The number of hydrogen-bond acceptors (Lipinski definition) is 4. The number of unbranched alkanes of at least 4 members (excludes halogenated alkanes) is 2. The van der Waals surface area contributed by atoms with Gasteiger partial charge >= 0.3 is 11.8 Å². The quantitative estimate of drug-likeness (QED) is 0.343. The topological polar surface area (TPSA) is 99.3 Å². The fourth-order valence-corrected chi connectivity index (χ4v) is 3.46. The first-order chi connectivity index (χ1) is 11.0. The van der Waals surface area contributed by atoms with Crippen molar-refractivity contribution in [3.63, 3.8) is 0 Å². The van der Waals surface area contributed by atoms with E-state index in [0.29, 0.717) is 6.42 Å². The molecule has 7 nitrogen and oxygen atoms in total. The van der Waals surface area contributed by atoms with Crippen LogP contribution in [0.4, 0.5) is 0 Å². The number of carbonyl (C=O) groups is 3. The second kappa shape index (κ2) is 8.46. The van der Waals surface area contributed by atoms with E-state index in [2.05, 4.69) is 49.2 Å². The first kappa shape index (κ1) is 20.4. The number of amides is 3. The van der Waals surface area contributed by atoms with E-state index in [0.717, 1.165) is 32.1 Å². The fourth-order valence-electron chi connectivity index (χ4n) is 3.46. The van der Waals surface area contributed by atoms with Gasteiger partial charge < -0.3 is 10.6 Å². The van der Waals surface area contributed by atoms with Crippen molar-refractivity contribution in [1.29, 1.82) is 0 Å². The van der Waals surface area contributed by atoms with E-state index < -0.39 is 11.8 Å². The minimum atomic E-state index is -0.840. The smallest absolute Gasteiger partial charge is 0.327 e. The number of nitrogens with one attached hydrogen (secondary N) is 4. The number of piperidine rings is 1. The van der Waals surface area contributed by atoms with Gasteiger partial charge in [-0.05, 0) is 47.0 Å². The molecule has 0 unspecified atom stereocenters. The van der Waals surface area contributed by atoms with Crippen LogP contribution >= 0.6 is 0 Å². The molecular formula is C17H32N4O3. The Hall–Kier alpha value is -1.63. The predicted octanol–water partition coefficient (Wildman–Crippen LogP) is 1.14. The molecule has 1 aliphatic heterocycles. The minimum Gasteiger partial charge on any atom is -0.345 e. The Morgan fingerprint density at radius 1 is 0.958 bits per heavy atom. The Morgan fingerprint density at radius 2 is 1.54 bits per heavy atom. The van der Waals surface area contributed by atoms with Crippen molar-refractivity contribution in [2.24, 2.45) is 0 Å². The summed E-state index contributed by atoms with van der Waals surface area (Å²) in [6, 6.07) is -0.0882. The molecule has 4 N–H and O–H groups in total. The predicted molar refractivity (Wildman–Crippen MR) is 92.9 cm³/mol. The summed E-state index contributed by atoms with van der Waals surface area (Å²) in [6.07, 6.45) is 4.56. The van der Waals surface area contributed by atoms with Crippen LogP contribution in [0.15, 0.2) is 0 Å². The van der Waals surface area contributed by atoms with E-state index in [1.807, 2.05) is 6.92 Å². The van der Waals surface area contributed by atoms with Crippen molar-refractivity contribution in [2.45, 2.75) is 90.3 Å². The second-order valence-electron chi connectivity index (χ2n) is 7.93. The molecule has 1 rings (SSSR count). The molecule has 1 saturated heterocycles. The molecule has 7 heteroatoms. The van der Waals surface area contributed by atoms with Gasteiger partial charge in [0.1, 0.15) is 0 Å². The molecule has 0 aromatic heterocycles. The van der Waals surface area contributed by atoms with Gasteiger partial charge in [-0.1, -0.05) is 19.8 Å². The lowest BCUT2D eigenvalue weighted by atomic mass is 9.79. The molecule has 3 amide bonds. The Bertz CT molecular complexity index is 458. The summed E-state index contributed by atoms with van der Waals surface area (Å²) in [7, 11) is 0. The van der Waals surface area contributed by atoms with Crippen LogP contribution in [0, 0.1) is 0 Å². The zero-order valence-corrected chi connectivity index (χ0v) is 15.5. The van der Waals surface area contributed by atoms with Gasteiger partial charge in [0.05, 0.1) is 0 Å². The highest BCUT2D eigenvalue weighted by atomic mass is 16.2. The summed E-state index contributed by atoms with van der Waals surface area (Å²) in [6.45, 7) is 10.3. The van der Waals surface area contributed by atoms with Crippen molar-refractivity contribution in [2.75, 3.05) is 0 Å². The molecule has 0 aromatic rings. The summed E-state index contributed by atoms with van der Waals surface area (Å²) in [5.41, 5.74) is 4.21. The third kappa shape index (κ3) is 7.29. The van der Waals surface area contributed by atoms with Gasteiger partial charge in [-0.15, -0.1) is 0 Å². The zero-order valence-electron chi connectivity index (χ0n) is 15.5. The Kier molecular flexibility index (Phi) is 7.20. The van der Waals surface area contributed by atoms with Crippen LogP contribution in [0.3, 0.4) is 0 Å². The van der Waals surface area contributed by atoms with Gasteiger partial charge in [0.2, 0.25) is 5.91 Å². The first-order valence-electron chi connectivity index (χ1n) is 8.74. The molecular weight excluding hydrogens is 308 g/mol. The lowest BCUT2D eigenvalue weighted by Crippen LogP contribution is -2.63. The molecule has 0 saturated carbocycles. The number of hydrazine groups is 1. The fraction of sp³-hybridized carbons (Fsp3) is 0.824. The number of rotatable bonds is 5. The molecule has 1 fully saturated rings. The van der Waals surface area contributed by atoms with Crippen molar-refractivity contribution < 1.29 is 14.4 Å². The summed E-state index contributed by atoms with van der Waals surface area (Å²) < 4.78 is 0. The highest BCUT2D eigenvalue weighted by Crippen LogP contribution is 2.28. The van der Waals surface area contributed by atoms with E-state index >= 15 is 0 Å². The molecule has 0 bridgehead atoms. The van der Waals surface area contributed by atoms with E-state index in [9.17, 15) is 14.4 Å². The SMILES string of the molecule is CCCCCC(=O)NNC(=O)C(=O)NC1CC(C)(C)NC(C)(C)C1. The van der Waals surface area contributed by atoms with Gasteiger partial charge in [-0.25, -0.2) is 0 Å². The van der Waals surface area contributed by atoms with Crippen molar-refractivity contribution >= 4 is 17.7 Å². The maximum Gasteiger partial charge on any atom is 0.327 e. The van der Waals surface area contributed by atoms with Gasteiger partial charge in [0.15, 0.2) is 0 Å². The number of hydrogen-bond donors (Lipinski definition) is 4. The van der Waals surface area contributed by atoms with Crippen LogP contribution < -0.4 is 21.5 Å². The van der Waals surface area contributed by atoms with Gasteiger partial charge in [-0.2, -0.15) is 0 Å². The zero-order chi connectivity index (χ0) is 18.4. The second-order valence-corrected chi connectivity index (χ2v) is 7.93. The molecule has 0 atom stereocenters. The minimum absolute atomic E-state index is 0.0882. The molecule has 0 spiro atoms. The van der Waals surface area contributed by atoms with Gasteiger partial charge in [0.25, 0.3) is 0 Å². The van der Waals surface area contributed by atoms with Gasteiger partial charge in [0, 0.05) is 23.5 Å². The highest BCUT2D eigenvalue weighted by Gasteiger charge is 2.38.